The fourth-order valence-corrected chi connectivity index (χ4v) is 3.15. The molecule has 1 heterocycles. The molecule has 0 spiro atoms. The normalized spacial score (nSPS) is 23.4. The van der Waals surface area contributed by atoms with Gasteiger partial charge < -0.3 is 15.0 Å². The number of amides is 1. The van der Waals surface area contributed by atoms with E-state index in [1.165, 1.54) is 12.1 Å². The second-order valence-electron chi connectivity index (χ2n) is 6.51. The van der Waals surface area contributed by atoms with Gasteiger partial charge in [-0.05, 0) is 37.1 Å². The third-order valence-electron chi connectivity index (χ3n) is 4.64. The number of nitro groups is 1. The maximum absolute atomic E-state index is 12.2. The van der Waals surface area contributed by atoms with Crippen LogP contribution in [-0.2, 0) is 4.79 Å². The van der Waals surface area contributed by atoms with Crippen molar-refractivity contribution in [3.05, 3.63) is 34.4 Å². The van der Waals surface area contributed by atoms with Crippen LogP contribution in [-0.4, -0.2) is 42.4 Å². The molecule has 0 aromatic heterocycles. The lowest BCUT2D eigenvalue weighted by Gasteiger charge is -2.34. The van der Waals surface area contributed by atoms with E-state index in [9.17, 15) is 28.1 Å². The van der Waals surface area contributed by atoms with Crippen LogP contribution in [0.2, 0.25) is 0 Å². The lowest BCUT2D eigenvalue weighted by Crippen LogP contribution is -2.45. The quantitative estimate of drug-likeness (QED) is 0.633. The molecule has 26 heavy (non-hydrogen) atoms. The van der Waals surface area contributed by atoms with Crippen LogP contribution in [0.15, 0.2) is 24.3 Å². The van der Waals surface area contributed by atoms with Gasteiger partial charge in [0.1, 0.15) is 11.7 Å². The van der Waals surface area contributed by atoms with E-state index in [1.807, 2.05) is 4.90 Å². The van der Waals surface area contributed by atoms with Gasteiger partial charge in [0, 0.05) is 36.2 Å². The maximum Gasteiger partial charge on any atom is 0.573 e. The van der Waals surface area contributed by atoms with E-state index in [0.29, 0.717) is 32.4 Å². The van der Waals surface area contributed by atoms with E-state index in [-0.39, 0.29) is 17.7 Å². The molecule has 2 aliphatic rings. The SMILES string of the molecule is O=C(NC1CCN(c2ccc(OC(F)(F)F)cc2)CC1)[C@H]1C[C@@H]1[N+](=O)[O-]. The molecule has 0 bridgehead atoms. The fourth-order valence-electron chi connectivity index (χ4n) is 3.15. The van der Waals surface area contributed by atoms with Crippen LogP contribution in [0.3, 0.4) is 0 Å². The highest BCUT2D eigenvalue weighted by Gasteiger charge is 2.53. The van der Waals surface area contributed by atoms with E-state index in [0.717, 1.165) is 5.69 Å². The van der Waals surface area contributed by atoms with Crippen molar-refractivity contribution in [3.8, 4) is 5.75 Å². The van der Waals surface area contributed by atoms with Gasteiger partial charge in [-0.1, -0.05) is 0 Å². The van der Waals surface area contributed by atoms with Crippen molar-refractivity contribution >= 4 is 11.6 Å². The number of rotatable bonds is 5. The molecule has 1 saturated heterocycles. The number of benzene rings is 1. The maximum atomic E-state index is 12.2. The van der Waals surface area contributed by atoms with Crippen molar-refractivity contribution in [2.45, 2.75) is 37.7 Å². The molecule has 2 fully saturated rings. The molecule has 0 radical (unpaired) electrons. The number of piperidine rings is 1. The van der Waals surface area contributed by atoms with Gasteiger partial charge in [-0.3, -0.25) is 14.9 Å². The molecule has 1 saturated carbocycles. The second-order valence-corrected chi connectivity index (χ2v) is 6.51. The third-order valence-corrected chi connectivity index (χ3v) is 4.64. The van der Waals surface area contributed by atoms with Crippen LogP contribution in [0.1, 0.15) is 19.3 Å². The first-order valence-corrected chi connectivity index (χ1v) is 8.27. The third kappa shape index (κ3) is 4.55. The molecule has 1 aromatic rings. The number of anilines is 1. The lowest BCUT2D eigenvalue weighted by atomic mass is 10.0. The smallest absolute Gasteiger partial charge is 0.406 e. The zero-order chi connectivity index (χ0) is 18.9. The number of hydrogen-bond donors (Lipinski definition) is 1. The topological polar surface area (TPSA) is 84.7 Å². The first-order chi connectivity index (χ1) is 12.2. The molecule has 0 unspecified atom stereocenters. The molecule has 3 rings (SSSR count). The second kappa shape index (κ2) is 7.00. The summed E-state index contributed by atoms with van der Waals surface area (Å²) in [6.07, 6.45) is -3.08. The number of nitrogens with one attached hydrogen (secondary N) is 1. The highest BCUT2D eigenvalue weighted by Crippen LogP contribution is 2.33. The van der Waals surface area contributed by atoms with Gasteiger partial charge in [0.15, 0.2) is 0 Å². The van der Waals surface area contributed by atoms with Gasteiger partial charge in [-0.15, -0.1) is 13.2 Å². The molecule has 1 aliphatic heterocycles. The number of alkyl halides is 3. The minimum atomic E-state index is -4.71. The predicted octanol–water partition coefficient (Wildman–Crippen LogP) is 2.34. The average Bonchev–Trinajstić information content (AvgIpc) is 3.36. The van der Waals surface area contributed by atoms with E-state index in [2.05, 4.69) is 10.1 Å². The summed E-state index contributed by atoms with van der Waals surface area (Å²) < 4.78 is 40.4. The van der Waals surface area contributed by atoms with E-state index in [4.69, 9.17) is 0 Å². The fraction of sp³-hybridized carbons (Fsp3) is 0.562. The molecular formula is C16H18F3N3O4. The van der Waals surface area contributed by atoms with Crippen LogP contribution in [0.4, 0.5) is 18.9 Å². The van der Waals surface area contributed by atoms with Gasteiger partial charge in [0.2, 0.25) is 11.9 Å². The summed E-state index contributed by atoms with van der Waals surface area (Å²) in [5.74, 6) is -1.06. The lowest BCUT2D eigenvalue weighted by molar-refractivity contribution is -0.497. The monoisotopic (exact) mass is 373 g/mol. The zero-order valence-corrected chi connectivity index (χ0v) is 13.7. The highest BCUT2D eigenvalue weighted by atomic mass is 19.4. The average molecular weight is 373 g/mol. The van der Waals surface area contributed by atoms with Gasteiger partial charge in [0.05, 0.1) is 0 Å². The predicted molar refractivity (Wildman–Crippen MR) is 85.4 cm³/mol. The molecule has 7 nitrogen and oxygen atoms in total. The molecule has 1 aromatic carbocycles. The minimum absolute atomic E-state index is 0.0420. The van der Waals surface area contributed by atoms with Crippen LogP contribution in [0.5, 0.6) is 5.75 Å². The van der Waals surface area contributed by atoms with E-state index < -0.39 is 23.2 Å². The highest BCUT2D eigenvalue weighted by molar-refractivity contribution is 5.82. The van der Waals surface area contributed by atoms with Gasteiger partial charge in [-0.25, -0.2) is 0 Å². The van der Waals surface area contributed by atoms with Crippen molar-refractivity contribution in [2.24, 2.45) is 5.92 Å². The summed E-state index contributed by atoms with van der Waals surface area (Å²) in [5.41, 5.74) is 0.778. The Bertz CT molecular complexity index is 672. The standard InChI is InChI=1S/C16H18F3N3O4/c17-16(18,19)26-12-3-1-11(2-4-12)21-7-5-10(6-8-21)20-15(23)13-9-14(13)22(24)25/h1-4,10,13-14H,5-9H2,(H,20,23)/t13-,14-/m0/s1. The van der Waals surface area contributed by atoms with Crippen molar-refractivity contribution < 1.29 is 27.6 Å². The van der Waals surface area contributed by atoms with Gasteiger partial charge in [0.25, 0.3) is 0 Å². The van der Waals surface area contributed by atoms with Gasteiger partial charge >= 0.3 is 6.36 Å². The molecular weight excluding hydrogens is 355 g/mol. The number of halogens is 3. The van der Waals surface area contributed by atoms with Gasteiger partial charge in [-0.2, -0.15) is 0 Å². The van der Waals surface area contributed by atoms with Crippen LogP contribution < -0.4 is 15.0 Å². The molecule has 1 N–H and O–H groups in total. The Labute approximate surface area is 147 Å². The summed E-state index contributed by atoms with van der Waals surface area (Å²) in [5, 5.41) is 13.5. The van der Waals surface area contributed by atoms with E-state index in [1.54, 1.807) is 12.1 Å². The largest absolute Gasteiger partial charge is 0.573 e. The van der Waals surface area contributed by atoms with Crippen molar-refractivity contribution in [2.75, 3.05) is 18.0 Å². The number of ether oxygens (including phenoxy) is 1. The summed E-state index contributed by atoms with van der Waals surface area (Å²) >= 11 is 0. The number of hydrogen-bond acceptors (Lipinski definition) is 5. The summed E-state index contributed by atoms with van der Waals surface area (Å²) in [7, 11) is 0. The Hall–Kier alpha value is -2.52. The Morgan fingerprint density at radius 1 is 1.23 bits per heavy atom. The van der Waals surface area contributed by atoms with Crippen molar-refractivity contribution in [1.82, 2.24) is 5.32 Å². The summed E-state index contributed by atoms with van der Waals surface area (Å²) in [6, 6.07) is 4.85. The molecule has 1 amide bonds. The van der Waals surface area contributed by atoms with E-state index >= 15 is 0 Å². The van der Waals surface area contributed by atoms with Crippen molar-refractivity contribution in [3.63, 3.8) is 0 Å². The summed E-state index contributed by atoms with van der Waals surface area (Å²) in [6.45, 7) is 1.27. The first-order valence-electron chi connectivity index (χ1n) is 8.27. The summed E-state index contributed by atoms with van der Waals surface area (Å²) in [4.78, 5) is 24.2. The number of carbonyl (C=O) groups excluding carboxylic acids is 1. The Morgan fingerprint density at radius 2 is 1.85 bits per heavy atom. The molecule has 1 aliphatic carbocycles. The molecule has 142 valence electrons. The molecule has 2 atom stereocenters. The Morgan fingerprint density at radius 3 is 2.35 bits per heavy atom. The van der Waals surface area contributed by atoms with Crippen LogP contribution >= 0.6 is 0 Å². The zero-order valence-electron chi connectivity index (χ0n) is 13.7. The number of carbonyl (C=O) groups is 1. The van der Waals surface area contributed by atoms with Crippen LogP contribution in [0.25, 0.3) is 0 Å². The van der Waals surface area contributed by atoms with Crippen LogP contribution in [0, 0.1) is 16.0 Å². The van der Waals surface area contributed by atoms with Crippen molar-refractivity contribution in [1.29, 1.82) is 0 Å². The Balaban J connectivity index is 1.46. The molecule has 10 heteroatoms. The number of nitrogens with zero attached hydrogens (tertiary/aromatic N) is 2. The Kier molecular flexibility index (Phi) is 4.92. The minimum Gasteiger partial charge on any atom is -0.406 e. The first kappa shape index (κ1) is 18.3.